The molecule has 0 aliphatic heterocycles. The van der Waals surface area contributed by atoms with Crippen molar-refractivity contribution in [2.24, 2.45) is 5.73 Å². The number of methoxy groups -OCH3 is 1. The molecule has 6 heteroatoms. The fraction of sp³-hybridized carbons (Fsp3) is 0.500. The number of ether oxygens (including phenoxy) is 2. The zero-order valence-corrected chi connectivity index (χ0v) is 11.7. The van der Waals surface area contributed by atoms with Gasteiger partial charge >= 0.3 is 0 Å². The van der Waals surface area contributed by atoms with E-state index in [-0.39, 0.29) is 10.0 Å². The second kappa shape index (κ2) is 7.78. The van der Waals surface area contributed by atoms with E-state index in [2.05, 4.69) is 15.9 Å². The summed E-state index contributed by atoms with van der Waals surface area (Å²) in [6, 6.07) is 1.77. The van der Waals surface area contributed by atoms with E-state index in [0.29, 0.717) is 26.2 Å². The van der Waals surface area contributed by atoms with Crippen LogP contribution in [0.4, 0.5) is 8.78 Å². The predicted molar refractivity (Wildman–Crippen MR) is 68.3 cm³/mol. The summed E-state index contributed by atoms with van der Waals surface area (Å²) in [5.74, 6) is -1.29. The number of hydrogen-bond donors (Lipinski definition) is 1. The molecule has 1 aromatic rings. The Labute approximate surface area is 113 Å². The van der Waals surface area contributed by atoms with Crippen molar-refractivity contribution in [2.75, 3.05) is 26.9 Å². The summed E-state index contributed by atoms with van der Waals surface area (Å²) in [5, 5.41) is 0. The maximum atomic E-state index is 13.7. The van der Waals surface area contributed by atoms with Crippen LogP contribution in [0.2, 0.25) is 0 Å². The highest BCUT2D eigenvalue weighted by Crippen LogP contribution is 2.27. The first-order valence-electron chi connectivity index (χ1n) is 5.53. The van der Waals surface area contributed by atoms with Gasteiger partial charge in [-0.3, -0.25) is 0 Å². The molecule has 2 N–H and O–H groups in total. The summed E-state index contributed by atoms with van der Waals surface area (Å²) in [4.78, 5) is 0. The average molecular weight is 324 g/mol. The van der Waals surface area contributed by atoms with Crippen molar-refractivity contribution in [3.63, 3.8) is 0 Å². The van der Waals surface area contributed by atoms with E-state index in [4.69, 9.17) is 15.2 Å². The lowest BCUT2D eigenvalue weighted by atomic mass is 10.0. The van der Waals surface area contributed by atoms with Gasteiger partial charge in [-0.1, -0.05) is 0 Å². The fourth-order valence-electron chi connectivity index (χ4n) is 1.48. The highest BCUT2D eigenvalue weighted by Gasteiger charge is 2.18. The van der Waals surface area contributed by atoms with Gasteiger partial charge < -0.3 is 15.2 Å². The molecule has 1 atom stereocenters. The van der Waals surface area contributed by atoms with Crippen LogP contribution in [0.1, 0.15) is 18.0 Å². The minimum atomic E-state index is -0.731. The third-order valence-electron chi connectivity index (χ3n) is 2.46. The van der Waals surface area contributed by atoms with Crippen LogP contribution >= 0.6 is 15.9 Å². The molecule has 1 aromatic carbocycles. The van der Waals surface area contributed by atoms with E-state index in [1.54, 1.807) is 7.11 Å². The topological polar surface area (TPSA) is 44.5 Å². The number of halogens is 3. The molecule has 0 saturated heterocycles. The van der Waals surface area contributed by atoms with Crippen LogP contribution in [0.3, 0.4) is 0 Å². The first-order valence-corrected chi connectivity index (χ1v) is 6.33. The first kappa shape index (κ1) is 15.5. The first-order chi connectivity index (χ1) is 8.57. The smallest absolute Gasteiger partial charge is 0.145 e. The molecule has 3 nitrogen and oxygen atoms in total. The molecule has 0 radical (unpaired) electrons. The van der Waals surface area contributed by atoms with Crippen LogP contribution in [0.25, 0.3) is 0 Å². The van der Waals surface area contributed by atoms with Gasteiger partial charge in [-0.2, -0.15) is 0 Å². The molecule has 0 bridgehead atoms. The van der Waals surface area contributed by atoms with Gasteiger partial charge in [0.1, 0.15) is 11.6 Å². The SMILES string of the molecule is COCCOCCC(N)c1c(F)ccc(Br)c1F. The highest BCUT2D eigenvalue weighted by molar-refractivity contribution is 9.10. The van der Waals surface area contributed by atoms with Crippen molar-refractivity contribution in [1.82, 2.24) is 0 Å². The lowest BCUT2D eigenvalue weighted by Crippen LogP contribution is -2.17. The molecule has 102 valence electrons. The standard InChI is InChI=1S/C12H16BrF2NO2/c1-17-6-7-18-5-4-10(16)11-9(14)3-2-8(13)12(11)15/h2-3,10H,4-7,16H2,1H3. The van der Waals surface area contributed by atoms with Gasteiger partial charge in [-0.25, -0.2) is 8.78 Å². The van der Waals surface area contributed by atoms with E-state index in [9.17, 15) is 8.78 Å². The molecule has 1 rings (SSSR count). The van der Waals surface area contributed by atoms with Gasteiger partial charge in [-0.15, -0.1) is 0 Å². The zero-order valence-electron chi connectivity index (χ0n) is 10.1. The van der Waals surface area contributed by atoms with Crippen LogP contribution in [-0.2, 0) is 9.47 Å². The Bertz CT molecular complexity index is 391. The second-order valence-corrected chi connectivity index (χ2v) is 4.61. The monoisotopic (exact) mass is 323 g/mol. The molecule has 0 saturated carbocycles. The summed E-state index contributed by atoms with van der Waals surface area (Å²) >= 11 is 3.01. The lowest BCUT2D eigenvalue weighted by molar-refractivity contribution is 0.0669. The van der Waals surface area contributed by atoms with Gasteiger partial charge in [0.25, 0.3) is 0 Å². The zero-order chi connectivity index (χ0) is 13.5. The Hall–Kier alpha value is -0.560. The van der Waals surface area contributed by atoms with Gasteiger partial charge in [0.15, 0.2) is 0 Å². The summed E-state index contributed by atoms with van der Waals surface area (Å²) in [6.45, 7) is 1.25. The minimum Gasteiger partial charge on any atom is -0.382 e. The Morgan fingerprint density at radius 3 is 2.67 bits per heavy atom. The average Bonchev–Trinajstić information content (AvgIpc) is 2.34. The molecule has 0 spiro atoms. The molecular formula is C12H16BrF2NO2. The summed E-state index contributed by atoms with van der Waals surface area (Å²) in [6.07, 6.45) is 0.341. The Morgan fingerprint density at radius 2 is 2.00 bits per heavy atom. The highest BCUT2D eigenvalue weighted by atomic mass is 79.9. The summed E-state index contributed by atoms with van der Waals surface area (Å²) < 4.78 is 37.4. The van der Waals surface area contributed by atoms with E-state index in [0.717, 1.165) is 0 Å². The van der Waals surface area contributed by atoms with E-state index < -0.39 is 17.7 Å². The molecule has 0 amide bonds. The maximum absolute atomic E-state index is 13.7. The third kappa shape index (κ3) is 4.28. The minimum absolute atomic E-state index is 0.111. The number of benzene rings is 1. The number of nitrogens with two attached hydrogens (primary N) is 1. The lowest BCUT2D eigenvalue weighted by Gasteiger charge is -2.14. The maximum Gasteiger partial charge on any atom is 0.145 e. The molecule has 1 unspecified atom stereocenters. The number of hydrogen-bond acceptors (Lipinski definition) is 3. The van der Waals surface area contributed by atoms with Crippen LogP contribution < -0.4 is 5.73 Å². The quantitative estimate of drug-likeness (QED) is 0.620. The molecular weight excluding hydrogens is 308 g/mol. The molecule has 18 heavy (non-hydrogen) atoms. The normalized spacial score (nSPS) is 12.7. The van der Waals surface area contributed by atoms with E-state index >= 15 is 0 Å². The van der Waals surface area contributed by atoms with Crippen LogP contribution in [0.15, 0.2) is 16.6 Å². The second-order valence-electron chi connectivity index (χ2n) is 3.76. The Kier molecular flexibility index (Phi) is 6.70. The molecule has 0 aliphatic rings. The fourth-order valence-corrected chi connectivity index (χ4v) is 1.83. The van der Waals surface area contributed by atoms with E-state index in [1.165, 1.54) is 12.1 Å². The van der Waals surface area contributed by atoms with Gasteiger partial charge in [0, 0.05) is 25.3 Å². The van der Waals surface area contributed by atoms with Crippen LogP contribution in [0.5, 0.6) is 0 Å². The van der Waals surface area contributed by atoms with Gasteiger partial charge in [0.2, 0.25) is 0 Å². The summed E-state index contributed by atoms with van der Waals surface area (Å²) in [5.41, 5.74) is 5.66. The van der Waals surface area contributed by atoms with Gasteiger partial charge in [-0.05, 0) is 34.5 Å². The molecule has 0 fully saturated rings. The largest absolute Gasteiger partial charge is 0.382 e. The van der Waals surface area contributed by atoms with Crippen molar-refractivity contribution in [3.05, 3.63) is 33.8 Å². The summed E-state index contributed by atoms with van der Waals surface area (Å²) in [7, 11) is 1.57. The van der Waals surface area contributed by atoms with E-state index in [1.807, 2.05) is 0 Å². The molecule has 0 heterocycles. The van der Waals surface area contributed by atoms with Crippen LogP contribution in [-0.4, -0.2) is 26.9 Å². The van der Waals surface area contributed by atoms with Crippen molar-refractivity contribution >= 4 is 15.9 Å². The van der Waals surface area contributed by atoms with Crippen LogP contribution in [0, 0.1) is 11.6 Å². The Morgan fingerprint density at radius 1 is 1.28 bits per heavy atom. The number of rotatable bonds is 7. The predicted octanol–water partition coefficient (Wildman–Crippen LogP) is 2.78. The molecule has 0 aromatic heterocycles. The Balaban J connectivity index is 2.56. The molecule has 0 aliphatic carbocycles. The van der Waals surface area contributed by atoms with Gasteiger partial charge in [0.05, 0.1) is 17.7 Å². The van der Waals surface area contributed by atoms with Crippen molar-refractivity contribution in [3.8, 4) is 0 Å². The van der Waals surface area contributed by atoms with Crippen molar-refractivity contribution in [2.45, 2.75) is 12.5 Å². The van der Waals surface area contributed by atoms with Crippen molar-refractivity contribution < 1.29 is 18.3 Å². The van der Waals surface area contributed by atoms with Crippen molar-refractivity contribution in [1.29, 1.82) is 0 Å². The third-order valence-corrected chi connectivity index (χ3v) is 3.07.